The number of thiophene rings is 1. The monoisotopic (exact) mass is 303 g/mol. The molecule has 1 aliphatic rings. The van der Waals surface area contributed by atoms with Crippen LogP contribution in [-0.2, 0) is 26.2 Å². The average Bonchev–Trinajstić information content (AvgIpc) is 2.93. The van der Waals surface area contributed by atoms with Gasteiger partial charge in [-0.3, -0.25) is 9.59 Å². The van der Waals surface area contributed by atoms with Crippen LogP contribution in [-0.4, -0.2) is 26.3 Å². The van der Waals surface area contributed by atoms with Gasteiger partial charge in [0.25, 0.3) is 0 Å². The molecule has 4 N–H and O–H groups in total. The molecule has 2 rings (SSSR count). The number of nitrogens with two attached hydrogens (primary N) is 1. The molecule has 0 saturated carbocycles. The summed E-state index contributed by atoms with van der Waals surface area (Å²) in [6, 6.07) is 2.50. The van der Waals surface area contributed by atoms with E-state index in [-0.39, 0.29) is 22.6 Å². The van der Waals surface area contributed by atoms with E-state index in [2.05, 4.69) is 10.6 Å². The zero-order valence-electron chi connectivity index (χ0n) is 9.88. The van der Waals surface area contributed by atoms with Gasteiger partial charge < -0.3 is 10.6 Å². The first-order valence-corrected chi connectivity index (χ1v) is 7.91. The van der Waals surface area contributed by atoms with Crippen LogP contribution in [0.1, 0.15) is 17.7 Å². The van der Waals surface area contributed by atoms with Crippen molar-refractivity contribution in [2.45, 2.75) is 29.6 Å². The van der Waals surface area contributed by atoms with Crippen molar-refractivity contribution in [1.82, 2.24) is 10.6 Å². The molecule has 1 aromatic heterocycles. The fraction of sp³-hybridized carbons (Fsp3) is 0.400. The molecule has 9 heteroatoms. The summed E-state index contributed by atoms with van der Waals surface area (Å²) in [4.78, 5) is 23.4. The Morgan fingerprint density at radius 1 is 1.53 bits per heavy atom. The minimum Gasteiger partial charge on any atom is -0.349 e. The predicted octanol–water partition coefficient (Wildman–Crippen LogP) is -0.710. The topological polar surface area (TPSA) is 118 Å². The van der Waals surface area contributed by atoms with Crippen molar-refractivity contribution in [1.29, 1.82) is 0 Å². The third-order valence-corrected chi connectivity index (χ3v) is 5.19. The van der Waals surface area contributed by atoms with E-state index < -0.39 is 16.1 Å². The molecule has 104 valence electrons. The molecule has 0 aliphatic carbocycles. The maximum atomic E-state index is 11.7. The van der Waals surface area contributed by atoms with Crippen LogP contribution >= 0.6 is 11.3 Å². The molecule has 0 radical (unpaired) electrons. The predicted molar refractivity (Wildman–Crippen MR) is 68.7 cm³/mol. The molecule has 7 nitrogen and oxygen atoms in total. The highest BCUT2D eigenvalue weighted by molar-refractivity contribution is 7.91. The van der Waals surface area contributed by atoms with Crippen LogP contribution in [0.4, 0.5) is 0 Å². The zero-order valence-corrected chi connectivity index (χ0v) is 11.5. The summed E-state index contributed by atoms with van der Waals surface area (Å²) in [5.74, 6) is -0.399. The Labute approximate surface area is 114 Å². The van der Waals surface area contributed by atoms with Gasteiger partial charge in [0.15, 0.2) is 0 Å². The van der Waals surface area contributed by atoms with E-state index >= 15 is 0 Å². The van der Waals surface area contributed by atoms with Crippen molar-refractivity contribution < 1.29 is 18.0 Å². The number of amides is 2. The van der Waals surface area contributed by atoms with Crippen molar-refractivity contribution in [3.8, 4) is 0 Å². The quantitative estimate of drug-likeness (QED) is 0.681. The summed E-state index contributed by atoms with van der Waals surface area (Å²) in [6.45, 7) is 0.214. The van der Waals surface area contributed by atoms with Crippen LogP contribution in [0.25, 0.3) is 0 Å². The lowest BCUT2D eigenvalue weighted by Crippen LogP contribution is -2.41. The average molecular weight is 303 g/mol. The first-order chi connectivity index (χ1) is 8.86. The van der Waals surface area contributed by atoms with Crippen molar-refractivity contribution in [3.63, 3.8) is 0 Å². The van der Waals surface area contributed by atoms with Crippen molar-refractivity contribution in [2.24, 2.45) is 5.14 Å². The van der Waals surface area contributed by atoms with E-state index in [4.69, 9.17) is 5.14 Å². The summed E-state index contributed by atoms with van der Waals surface area (Å²) in [5.41, 5.74) is 0. The lowest BCUT2D eigenvalue weighted by Gasteiger charge is -2.09. The fourth-order valence-electron chi connectivity index (χ4n) is 1.71. The number of primary sulfonamides is 1. The number of carbonyl (C=O) groups is 2. The summed E-state index contributed by atoms with van der Waals surface area (Å²) < 4.78 is 22.2. The smallest absolute Gasteiger partial charge is 0.247 e. The van der Waals surface area contributed by atoms with Crippen molar-refractivity contribution >= 4 is 33.2 Å². The van der Waals surface area contributed by atoms with Gasteiger partial charge in [0.05, 0.1) is 6.54 Å². The maximum Gasteiger partial charge on any atom is 0.247 e. The Hall–Kier alpha value is -1.45. The van der Waals surface area contributed by atoms with Gasteiger partial charge in [0.2, 0.25) is 21.8 Å². The number of rotatable bonds is 4. The van der Waals surface area contributed by atoms with E-state index in [1.54, 1.807) is 6.07 Å². The largest absolute Gasteiger partial charge is 0.349 e. The van der Waals surface area contributed by atoms with E-state index in [1.807, 2.05) is 0 Å². The minimum atomic E-state index is -3.69. The number of hydrogen-bond donors (Lipinski definition) is 3. The summed E-state index contributed by atoms with van der Waals surface area (Å²) in [6.07, 6.45) is 0.837. The van der Waals surface area contributed by atoms with Crippen LogP contribution in [0.2, 0.25) is 0 Å². The van der Waals surface area contributed by atoms with Gasteiger partial charge in [0.1, 0.15) is 10.3 Å². The summed E-state index contributed by atoms with van der Waals surface area (Å²) >= 11 is 1.01. The van der Waals surface area contributed by atoms with Crippen LogP contribution < -0.4 is 15.8 Å². The number of hydrogen-bond acceptors (Lipinski definition) is 5. The summed E-state index contributed by atoms with van der Waals surface area (Å²) in [5, 5.41) is 10.2. The standard InChI is InChI=1S/C10H13N3O4S2/c11-19(16,17)9-4-1-6(18-9)5-12-10(15)7-2-3-8(14)13-7/h1,4,7H,2-3,5H2,(H,12,15)(H,13,14)(H2,11,16,17)/t7-/m0/s1. The molecule has 1 saturated heterocycles. The minimum absolute atomic E-state index is 0.0610. The number of carbonyl (C=O) groups excluding carboxylic acids is 2. The Morgan fingerprint density at radius 3 is 2.79 bits per heavy atom. The first kappa shape index (κ1) is 14.0. The maximum absolute atomic E-state index is 11.7. The molecule has 19 heavy (non-hydrogen) atoms. The lowest BCUT2D eigenvalue weighted by molar-refractivity contribution is -0.125. The van der Waals surface area contributed by atoms with Crippen molar-refractivity contribution in [3.05, 3.63) is 17.0 Å². The van der Waals surface area contributed by atoms with Gasteiger partial charge in [-0.05, 0) is 18.6 Å². The molecule has 2 heterocycles. The highest BCUT2D eigenvalue weighted by Crippen LogP contribution is 2.20. The Kier molecular flexibility index (Phi) is 3.88. The van der Waals surface area contributed by atoms with E-state index in [1.165, 1.54) is 6.07 Å². The van der Waals surface area contributed by atoms with Gasteiger partial charge in [-0.1, -0.05) is 0 Å². The van der Waals surface area contributed by atoms with Crippen molar-refractivity contribution in [2.75, 3.05) is 0 Å². The van der Waals surface area contributed by atoms with E-state index in [0.29, 0.717) is 17.7 Å². The Balaban J connectivity index is 1.90. The summed E-state index contributed by atoms with van der Waals surface area (Å²) in [7, 11) is -3.69. The molecule has 0 unspecified atom stereocenters. The second-order valence-corrected chi connectivity index (χ2v) is 7.10. The van der Waals surface area contributed by atoms with E-state index in [9.17, 15) is 18.0 Å². The molecule has 1 atom stereocenters. The third-order valence-electron chi connectivity index (χ3n) is 2.67. The highest BCUT2D eigenvalue weighted by Gasteiger charge is 2.26. The Morgan fingerprint density at radius 2 is 2.26 bits per heavy atom. The fourth-order valence-corrected chi connectivity index (χ4v) is 3.43. The van der Waals surface area contributed by atoms with Crippen LogP contribution in [0.5, 0.6) is 0 Å². The molecule has 1 aromatic rings. The molecule has 0 spiro atoms. The molecule has 1 aliphatic heterocycles. The Bertz CT molecular complexity index is 608. The van der Waals surface area contributed by atoms with Gasteiger partial charge in [0, 0.05) is 11.3 Å². The molecular formula is C10H13N3O4S2. The number of sulfonamides is 1. The molecule has 0 bridgehead atoms. The molecule has 1 fully saturated rings. The van der Waals surface area contributed by atoms with Crippen LogP contribution in [0.3, 0.4) is 0 Å². The molecular weight excluding hydrogens is 290 g/mol. The molecule has 0 aromatic carbocycles. The second kappa shape index (κ2) is 5.27. The highest BCUT2D eigenvalue weighted by atomic mass is 32.2. The third kappa shape index (κ3) is 3.52. The van der Waals surface area contributed by atoms with Crippen LogP contribution in [0.15, 0.2) is 16.3 Å². The van der Waals surface area contributed by atoms with Gasteiger partial charge in [-0.15, -0.1) is 11.3 Å². The first-order valence-electron chi connectivity index (χ1n) is 5.55. The molecule has 2 amide bonds. The normalized spacial score (nSPS) is 19.2. The SMILES string of the molecule is NS(=O)(=O)c1ccc(CNC(=O)[C@@H]2CCC(=O)N2)s1. The van der Waals surface area contributed by atoms with Gasteiger partial charge >= 0.3 is 0 Å². The van der Waals surface area contributed by atoms with Crippen LogP contribution in [0, 0.1) is 0 Å². The lowest BCUT2D eigenvalue weighted by atomic mass is 10.2. The van der Waals surface area contributed by atoms with E-state index in [0.717, 1.165) is 11.3 Å². The van der Waals surface area contributed by atoms with Gasteiger partial charge in [-0.25, -0.2) is 13.6 Å². The number of nitrogens with one attached hydrogen (secondary N) is 2. The second-order valence-electron chi connectivity index (χ2n) is 4.14. The van der Waals surface area contributed by atoms with Gasteiger partial charge in [-0.2, -0.15) is 0 Å². The zero-order chi connectivity index (χ0) is 14.0.